The third-order valence-electron chi connectivity index (χ3n) is 11.5. The second kappa shape index (κ2) is 15.2. The fourth-order valence-electron chi connectivity index (χ4n) is 8.90. The Bertz CT molecular complexity index is 2000. The smallest absolute Gasteiger partial charge is 0.269 e. The number of aliphatic hydroxyl groups is 1. The summed E-state index contributed by atoms with van der Waals surface area (Å²) in [6.07, 6.45) is 6.18. The molecule has 1 spiro atoms. The summed E-state index contributed by atoms with van der Waals surface area (Å²) in [5.74, 6) is -1.05. The Kier molecular flexibility index (Phi) is 10.5. The number of hydrogen-bond donors (Lipinski definition) is 2. The standard InChI is InChI=1S/C40H48N6O7Si/c1-27-38(54(2,3)52)36(20-22-43-25-34(41-42-43)32(26-47)29-11-7-6-8-12-29)53-40(27)33-23-31(46(50)51)18-19-35(33)45(39(40)49)24-28-14-16-30(17-15-28)44-21-10-5-4-9-13-37(44)48/h6-8,11-12,14-19,23,25,27,32,36,38,47,52H,4-5,9-10,13,20-22,24,26H2,1-3H3/t27-,32?,36+,38-,40+/m0/s1. The maximum atomic E-state index is 14.9. The summed E-state index contributed by atoms with van der Waals surface area (Å²) in [4.78, 5) is 54.6. The molecule has 7 rings (SSSR count). The number of aliphatic hydroxyl groups excluding tert-OH is 1. The van der Waals surface area contributed by atoms with Gasteiger partial charge in [0.15, 0.2) is 13.9 Å². The largest absolute Gasteiger partial charge is 0.432 e. The van der Waals surface area contributed by atoms with Crippen molar-refractivity contribution < 1.29 is 29.2 Å². The number of carbonyl (C=O) groups excluding carboxylic acids is 2. The summed E-state index contributed by atoms with van der Waals surface area (Å²) < 4.78 is 8.61. The topological polar surface area (TPSA) is 164 Å². The number of rotatable bonds is 11. The number of ether oxygens (including phenoxy) is 1. The molecule has 1 unspecified atom stereocenters. The Morgan fingerprint density at radius 2 is 1.78 bits per heavy atom. The highest BCUT2D eigenvalue weighted by Crippen LogP contribution is 2.60. The highest BCUT2D eigenvalue weighted by atomic mass is 28.4. The van der Waals surface area contributed by atoms with Gasteiger partial charge in [-0.25, -0.2) is 0 Å². The van der Waals surface area contributed by atoms with Crippen molar-refractivity contribution >= 4 is 37.2 Å². The monoisotopic (exact) mass is 752 g/mol. The highest BCUT2D eigenvalue weighted by molar-refractivity contribution is 6.71. The summed E-state index contributed by atoms with van der Waals surface area (Å²) in [7, 11) is -3.00. The van der Waals surface area contributed by atoms with Crippen molar-refractivity contribution in [2.45, 2.75) is 94.8 Å². The lowest BCUT2D eigenvalue weighted by Gasteiger charge is -2.32. The van der Waals surface area contributed by atoms with Crippen LogP contribution in [0.3, 0.4) is 0 Å². The van der Waals surface area contributed by atoms with Crippen LogP contribution >= 0.6 is 0 Å². The van der Waals surface area contributed by atoms with Gasteiger partial charge < -0.3 is 24.4 Å². The fourth-order valence-corrected chi connectivity index (χ4v) is 11.5. The lowest BCUT2D eigenvalue weighted by Crippen LogP contribution is -2.46. The lowest BCUT2D eigenvalue weighted by molar-refractivity contribution is -0.385. The van der Waals surface area contributed by atoms with E-state index in [0.29, 0.717) is 42.9 Å². The molecule has 5 atom stereocenters. The van der Waals surface area contributed by atoms with E-state index in [0.717, 1.165) is 42.5 Å². The van der Waals surface area contributed by atoms with E-state index >= 15 is 0 Å². The van der Waals surface area contributed by atoms with Gasteiger partial charge in [-0.1, -0.05) is 67.4 Å². The number of fused-ring (bicyclic) bond motifs is 2. The number of anilines is 2. The maximum absolute atomic E-state index is 14.9. The van der Waals surface area contributed by atoms with Crippen molar-refractivity contribution in [1.29, 1.82) is 0 Å². The molecule has 284 valence electrons. The molecule has 14 heteroatoms. The van der Waals surface area contributed by atoms with Crippen molar-refractivity contribution in [2.24, 2.45) is 5.92 Å². The number of aromatic nitrogens is 3. The Morgan fingerprint density at radius 1 is 1.04 bits per heavy atom. The molecule has 54 heavy (non-hydrogen) atoms. The van der Waals surface area contributed by atoms with Crippen LogP contribution in [0.15, 0.2) is 79.0 Å². The molecule has 0 radical (unpaired) electrons. The molecule has 0 aliphatic carbocycles. The van der Waals surface area contributed by atoms with Crippen LogP contribution < -0.4 is 9.80 Å². The number of non-ortho nitro benzene ring substituents is 1. The molecule has 3 aromatic carbocycles. The highest BCUT2D eigenvalue weighted by Gasteiger charge is 2.66. The Hall–Kier alpha value is -4.76. The molecule has 2 saturated heterocycles. The zero-order valence-corrected chi connectivity index (χ0v) is 32.0. The third kappa shape index (κ3) is 6.99. The normalized spacial score (nSPS) is 23.8. The van der Waals surface area contributed by atoms with Crippen LogP contribution in [0.1, 0.15) is 73.8 Å². The fraction of sp³-hybridized carbons (Fsp3) is 0.450. The molecule has 2 amide bonds. The van der Waals surface area contributed by atoms with E-state index in [2.05, 4.69) is 10.3 Å². The van der Waals surface area contributed by atoms with Crippen LogP contribution in [0, 0.1) is 16.0 Å². The third-order valence-corrected chi connectivity index (χ3v) is 14.0. The summed E-state index contributed by atoms with van der Waals surface area (Å²) in [5.41, 5.74) is 2.09. The van der Waals surface area contributed by atoms with Crippen molar-refractivity contribution in [3.8, 4) is 0 Å². The lowest BCUT2D eigenvalue weighted by atomic mass is 9.82. The number of nitrogens with zero attached hydrogens (tertiary/aromatic N) is 6. The molecule has 4 heterocycles. The number of hydrogen-bond acceptors (Lipinski definition) is 9. The zero-order valence-electron chi connectivity index (χ0n) is 31.0. The molecule has 13 nitrogen and oxygen atoms in total. The Morgan fingerprint density at radius 3 is 2.48 bits per heavy atom. The maximum Gasteiger partial charge on any atom is 0.269 e. The predicted molar refractivity (Wildman–Crippen MR) is 205 cm³/mol. The minimum absolute atomic E-state index is 0.118. The zero-order chi connectivity index (χ0) is 38.2. The second-order valence-electron chi connectivity index (χ2n) is 15.4. The van der Waals surface area contributed by atoms with Gasteiger partial charge in [-0.3, -0.25) is 24.4 Å². The van der Waals surface area contributed by atoms with E-state index in [9.17, 15) is 29.6 Å². The second-order valence-corrected chi connectivity index (χ2v) is 19.4. The van der Waals surface area contributed by atoms with Crippen molar-refractivity contribution in [3.63, 3.8) is 0 Å². The van der Waals surface area contributed by atoms with E-state index in [4.69, 9.17) is 4.74 Å². The van der Waals surface area contributed by atoms with Gasteiger partial charge in [-0.05, 0) is 61.7 Å². The van der Waals surface area contributed by atoms with Gasteiger partial charge >= 0.3 is 0 Å². The van der Waals surface area contributed by atoms with Crippen LogP contribution in [0.4, 0.5) is 17.1 Å². The summed E-state index contributed by atoms with van der Waals surface area (Å²) in [6, 6.07) is 21.8. The molecule has 0 saturated carbocycles. The number of aryl methyl sites for hydroxylation is 1. The number of benzene rings is 3. The number of nitro benzene ring substituents is 1. The molecule has 3 aliphatic heterocycles. The van der Waals surface area contributed by atoms with Crippen LogP contribution in [-0.4, -0.2) is 69.2 Å². The van der Waals surface area contributed by atoms with Crippen LogP contribution in [0.2, 0.25) is 18.6 Å². The predicted octanol–water partition coefficient (Wildman–Crippen LogP) is 6.04. The van der Waals surface area contributed by atoms with Crippen LogP contribution in [0.5, 0.6) is 0 Å². The van der Waals surface area contributed by atoms with Gasteiger partial charge in [0.1, 0.15) is 0 Å². The van der Waals surface area contributed by atoms with E-state index in [-0.39, 0.29) is 42.1 Å². The summed E-state index contributed by atoms with van der Waals surface area (Å²) in [6.45, 7) is 6.70. The first-order valence-corrected chi connectivity index (χ1v) is 21.9. The van der Waals surface area contributed by atoms with Gasteiger partial charge in [0, 0.05) is 60.5 Å². The minimum Gasteiger partial charge on any atom is -0.432 e. The van der Waals surface area contributed by atoms with Gasteiger partial charge in [0.25, 0.3) is 11.6 Å². The first-order chi connectivity index (χ1) is 25.9. The molecular weight excluding hydrogens is 705 g/mol. The summed E-state index contributed by atoms with van der Waals surface area (Å²) in [5, 5.41) is 30.9. The molecule has 2 N–H and O–H groups in total. The first-order valence-electron chi connectivity index (χ1n) is 18.9. The van der Waals surface area contributed by atoms with Crippen molar-refractivity contribution in [3.05, 3.63) is 111 Å². The summed E-state index contributed by atoms with van der Waals surface area (Å²) >= 11 is 0. The van der Waals surface area contributed by atoms with Crippen LogP contribution in [-0.2, 0) is 33.0 Å². The van der Waals surface area contributed by atoms with E-state index in [1.807, 2.05) is 79.5 Å². The van der Waals surface area contributed by atoms with E-state index in [1.54, 1.807) is 21.8 Å². The first kappa shape index (κ1) is 37.5. The molecule has 3 aliphatic rings. The molecular formula is C40H48N6O7Si. The van der Waals surface area contributed by atoms with Gasteiger partial charge in [0.05, 0.1) is 41.5 Å². The number of carbonyl (C=O) groups is 2. The van der Waals surface area contributed by atoms with Gasteiger partial charge in [-0.2, -0.15) is 0 Å². The van der Waals surface area contributed by atoms with Gasteiger partial charge in [0.2, 0.25) is 5.91 Å². The average molecular weight is 753 g/mol. The van der Waals surface area contributed by atoms with Crippen molar-refractivity contribution in [2.75, 3.05) is 23.0 Å². The van der Waals surface area contributed by atoms with Crippen molar-refractivity contribution in [1.82, 2.24) is 15.0 Å². The molecule has 4 aromatic rings. The quantitative estimate of drug-likeness (QED) is 0.106. The number of nitro groups is 1. The SMILES string of the molecule is C[C@H]1[C@H]([Si](C)(C)O)[C@@H](CCn2cc(C(CO)c3ccccc3)nn2)O[C@]12C(=O)N(Cc1ccc(N3CCCCCCC3=O)cc1)c1ccc([N+](=O)[O-])cc12. The molecule has 0 bridgehead atoms. The number of amides is 2. The average Bonchev–Trinajstić information content (AvgIpc) is 3.80. The Balaban J connectivity index is 1.17. The van der Waals surface area contributed by atoms with Crippen LogP contribution in [0.25, 0.3) is 0 Å². The van der Waals surface area contributed by atoms with Gasteiger partial charge in [-0.15, -0.1) is 5.10 Å². The molecule has 2 fully saturated rings. The minimum atomic E-state index is -3.00. The molecule has 1 aromatic heterocycles. The van der Waals surface area contributed by atoms with E-state index < -0.39 is 30.9 Å². The Labute approximate surface area is 315 Å². The van der Waals surface area contributed by atoms with E-state index in [1.165, 1.54) is 12.1 Å².